The molecule has 0 N–H and O–H groups in total. The second-order valence-corrected chi connectivity index (χ2v) is 11.9. The molecule has 3 heterocycles. The number of benzene rings is 1. The van der Waals surface area contributed by atoms with Crippen molar-refractivity contribution in [3.63, 3.8) is 0 Å². The minimum atomic E-state index is -0.132. The Morgan fingerprint density at radius 3 is 2.39 bits per heavy atom. The first-order valence-corrected chi connectivity index (χ1v) is 14.1. The molecule has 38 heavy (non-hydrogen) atoms. The van der Waals surface area contributed by atoms with Gasteiger partial charge < -0.3 is 14.0 Å². The zero-order chi connectivity index (χ0) is 25.9. The molecule has 2 bridgehead atoms. The molecule has 4 fully saturated rings. The Kier molecular flexibility index (Phi) is 5.91. The maximum atomic E-state index is 6.80. The first-order valence-electron chi connectivity index (χ1n) is 13.4. The number of ether oxygens (including phenoxy) is 2. The summed E-state index contributed by atoms with van der Waals surface area (Å²) in [6.45, 7) is 0.447. The van der Waals surface area contributed by atoms with Crippen LogP contribution in [0.25, 0.3) is 22.2 Å². The largest absolute Gasteiger partial charge is 0.497 e. The van der Waals surface area contributed by atoms with Gasteiger partial charge in [0.1, 0.15) is 17.2 Å². The number of aromatic nitrogens is 3. The summed E-state index contributed by atoms with van der Waals surface area (Å²) >= 11 is 13.0. The summed E-state index contributed by atoms with van der Waals surface area (Å²) < 4.78 is 18.0. The molecule has 0 amide bonds. The van der Waals surface area contributed by atoms with Crippen LogP contribution in [0, 0.1) is 0 Å². The molecule has 4 aliphatic rings. The Bertz CT molecular complexity index is 1490. The molecule has 4 aromatic rings. The lowest BCUT2D eigenvalue weighted by Gasteiger charge is -2.52. The van der Waals surface area contributed by atoms with E-state index in [1.165, 1.54) is 5.69 Å². The van der Waals surface area contributed by atoms with Gasteiger partial charge in [-0.3, -0.25) is 9.97 Å². The molecular weight excluding hydrogens is 521 g/mol. The van der Waals surface area contributed by atoms with Gasteiger partial charge in [-0.2, -0.15) is 0 Å². The van der Waals surface area contributed by atoms with E-state index >= 15 is 0 Å². The molecule has 4 saturated carbocycles. The van der Waals surface area contributed by atoms with Crippen LogP contribution in [0.3, 0.4) is 0 Å². The van der Waals surface area contributed by atoms with E-state index in [1.807, 2.05) is 12.1 Å². The fourth-order valence-electron chi connectivity index (χ4n) is 6.46. The van der Waals surface area contributed by atoms with Crippen molar-refractivity contribution in [2.24, 2.45) is 0 Å². The van der Waals surface area contributed by atoms with E-state index in [1.54, 1.807) is 19.5 Å². The van der Waals surface area contributed by atoms with Gasteiger partial charge in [0.15, 0.2) is 0 Å². The highest BCUT2D eigenvalue weighted by Crippen LogP contribution is 2.55. The highest BCUT2D eigenvalue weighted by Gasteiger charge is 2.51. The van der Waals surface area contributed by atoms with E-state index in [-0.39, 0.29) is 11.0 Å². The van der Waals surface area contributed by atoms with Crippen molar-refractivity contribution in [1.82, 2.24) is 15.1 Å². The molecule has 0 spiro atoms. The van der Waals surface area contributed by atoms with Gasteiger partial charge in [0.25, 0.3) is 0 Å². The van der Waals surface area contributed by atoms with Gasteiger partial charge in [0, 0.05) is 45.9 Å². The number of hydrogen-bond donors (Lipinski definition) is 0. The number of nitrogens with zero attached hydrogens (tertiary/aromatic N) is 3. The lowest BCUT2D eigenvalue weighted by molar-refractivity contribution is -0.127. The Morgan fingerprint density at radius 1 is 0.974 bits per heavy atom. The molecule has 8 rings (SSSR count). The number of fused-ring (bicyclic) bond motifs is 4. The first-order chi connectivity index (χ1) is 18.5. The highest BCUT2D eigenvalue weighted by atomic mass is 35.5. The van der Waals surface area contributed by atoms with Crippen LogP contribution in [0.5, 0.6) is 5.75 Å². The van der Waals surface area contributed by atoms with Gasteiger partial charge in [-0.15, -0.1) is 0 Å². The number of rotatable bonds is 7. The summed E-state index contributed by atoms with van der Waals surface area (Å²) in [6, 6.07) is 10.5. The summed E-state index contributed by atoms with van der Waals surface area (Å²) in [7, 11) is 1.69. The molecule has 0 aliphatic heterocycles. The topological polar surface area (TPSA) is 70.3 Å². The molecule has 0 saturated heterocycles. The van der Waals surface area contributed by atoms with Crippen LogP contribution in [0.15, 0.2) is 47.2 Å². The zero-order valence-electron chi connectivity index (χ0n) is 21.3. The van der Waals surface area contributed by atoms with E-state index in [2.05, 4.69) is 28.3 Å². The van der Waals surface area contributed by atoms with Crippen molar-refractivity contribution >= 4 is 34.1 Å². The maximum Gasteiger partial charge on any atom is 0.145 e. The van der Waals surface area contributed by atoms with Crippen molar-refractivity contribution < 1.29 is 14.0 Å². The molecule has 0 unspecified atom stereocenters. The molecular formula is C30H29Cl2N3O3. The minimum absolute atomic E-state index is 0.124. The number of pyridine rings is 2. The summed E-state index contributed by atoms with van der Waals surface area (Å²) in [4.78, 5) is 9.20. The van der Waals surface area contributed by atoms with Gasteiger partial charge in [0.05, 0.1) is 34.9 Å². The lowest BCUT2D eigenvalue weighted by atomic mass is 9.57. The van der Waals surface area contributed by atoms with Gasteiger partial charge in [-0.05, 0) is 75.6 Å². The van der Waals surface area contributed by atoms with Gasteiger partial charge >= 0.3 is 0 Å². The third-order valence-electron chi connectivity index (χ3n) is 9.00. The monoisotopic (exact) mass is 549 g/mol. The average Bonchev–Trinajstić information content (AvgIpc) is 3.72. The van der Waals surface area contributed by atoms with Crippen LogP contribution in [0.4, 0.5) is 0 Å². The minimum Gasteiger partial charge on any atom is -0.497 e. The Hall–Kier alpha value is -2.67. The summed E-state index contributed by atoms with van der Waals surface area (Å²) in [5.74, 6) is 2.17. The summed E-state index contributed by atoms with van der Waals surface area (Å²) in [6.07, 6.45) is 11.7. The molecule has 196 valence electrons. The number of hydrogen-bond acceptors (Lipinski definition) is 6. The van der Waals surface area contributed by atoms with Gasteiger partial charge in [-0.25, -0.2) is 0 Å². The second kappa shape index (κ2) is 9.22. The summed E-state index contributed by atoms with van der Waals surface area (Å²) in [5.41, 5.74) is 4.55. The summed E-state index contributed by atoms with van der Waals surface area (Å²) in [5, 5.41) is 6.45. The zero-order valence-corrected chi connectivity index (χ0v) is 22.8. The van der Waals surface area contributed by atoms with Crippen LogP contribution >= 0.6 is 23.2 Å². The predicted molar refractivity (Wildman–Crippen MR) is 147 cm³/mol. The second-order valence-electron chi connectivity index (χ2n) is 11.1. The maximum absolute atomic E-state index is 6.80. The molecule has 0 atom stereocenters. The van der Waals surface area contributed by atoms with E-state index in [4.69, 9.17) is 42.2 Å². The predicted octanol–water partition coefficient (Wildman–Crippen LogP) is 8.04. The van der Waals surface area contributed by atoms with E-state index in [0.29, 0.717) is 33.8 Å². The third kappa shape index (κ3) is 4.09. The molecule has 4 aliphatic carbocycles. The highest BCUT2D eigenvalue weighted by molar-refractivity contribution is 6.38. The first kappa shape index (κ1) is 24.4. The normalized spacial score (nSPS) is 24.7. The van der Waals surface area contributed by atoms with Crippen molar-refractivity contribution in [3.8, 4) is 17.0 Å². The standard InChI is InChI=1S/C30H29Cl2N3O3/c1-36-20-5-6-24-19(14-20)4-7-25(34-24)29-8-11-30(12-9-29,13-10-29)37-17-21-27(35-38-28(21)18-2-3-18)26-22(31)15-33-16-23(26)32/h4-7,14-16,18H,2-3,8-13,17H2,1H3. The van der Waals surface area contributed by atoms with Crippen LogP contribution < -0.4 is 4.74 Å². The van der Waals surface area contributed by atoms with Crippen molar-refractivity contribution in [1.29, 1.82) is 0 Å². The fraction of sp³-hybridized carbons (Fsp3) is 0.433. The van der Waals surface area contributed by atoms with Crippen molar-refractivity contribution in [2.75, 3.05) is 7.11 Å². The van der Waals surface area contributed by atoms with Crippen LogP contribution in [-0.2, 0) is 16.8 Å². The Balaban J connectivity index is 1.11. The van der Waals surface area contributed by atoms with Crippen LogP contribution in [-0.4, -0.2) is 27.8 Å². The van der Waals surface area contributed by atoms with E-state index in [0.717, 1.165) is 79.3 Å². The molecule has 6 nitrogen and oxygen atoms in total. The molecule has 0 radical (unpaired) electrons. The smallest absolute Gasteiger partial charge is 0.145 e. The molecule has 8 heteroatoms. The average molecular weight is 550 g/mol. The Labute approximate surface area is 231 Å². The molecule has 1 aromatic carbocycles. The fourth-order valence-corrected chi connectivity index (χ4v) is 7.01. The molecule has 3 aromatic heterocycles. The van der Waals surface area contributed by atoms with Gasteiger partial charge in [-0.1, -0.05) is 34.4 Å². The van der Waals surface area contributed by atoms with E-state index < -0.39 is 0 Å². The quantitative estimate of drug-likeness (QED) is 0.232. The Morgan fingerprint density at radius 2 is 1.71 bits per heavy atom. The van der Waals surface area contributed by atoms with Gasteiger partial charge in [0.2, 0.25) is 0 Å². The van der Waals surface area contributed by atoms with E-state index in [9.17, 15) is 0 Å². The lowest BCUT2D eigenvalue weighted by Crippen LogP contribution is -2.50. The SMILES string of the molecule is COc1ccc2nc(C34CCC(OCc5c(-c6c(Cl)cncc6Cl)noc5C5CC5)(CC3)CC4)ccc2c1. The number of methoxy groups -OCH3 is 1. The third-order valence-corrected chi connectivity index (χ3v) is 9.57. The van der Waals surface area contributed by atoms with Crippen molar-refractivity contribution in [2.45, 2.75) is 74.9 Å². The van der Waals surface area contributed by atoms with Crippen LogP contribution in [0.1, 0.15) is 74.3 Å². The van der Waals surface area contributed by atoms with Crippen LogP contribution in [0.2, 0.25) is 10.0 Å². The number of halogens is 2. The van der Waals surface area contributed by atoms with Crippen molar-refractivity contribution in [3.05, 3.63) is 69.8 Å².